The molecule has 1 aromatic carbocycles. The molecule has 2 amide bonds. The molecule has 1 atom stereocenters. The van der Waals surface area contributed by atoms with Crippen LogP contribution in [0.2, 0.25) is 0 Å². The molecule has 3 rings (SSSR count). The third-order valence-electron chi connectivity index (χ3n) is 4.76. The summed E-state index contributed by atoms with van der Waals surface area (Å²) >= 11 is 1.64. The van der Waals surface area contributed by atoms with Gasteiger partial charge < -0.3 is 11.1 Å². The van der Waals surface area contributed by atoms with Crippen molar-refractivity contribution in [3.8, 4) is 0 Å². The minimum absolute atomic E-state index is 0.0161. The molecule has 4 nitrogen and oxygen atoms in total. The Morgan fingerprint density at radius 3 is 2.35 bits per heavy atom. The summed E-state index contributed by atoms with van der Waals surface area (Å²) in [5.74, 6) is -0.374. The first kappa shape index (κ1) is 15.7. The molecule has 0 radical (unpaired) electrons. The predicted molar refractivity (Wildman–Crippen MR) is 91.2 cm³/mol. The summed E-state index contributed by atoms with van der Waals surface area (Å²) in [6.45, 7) is 4.71. The lowest BCUT2D eigenvalue weighted by atomic mass is 9.93. The van der Waals surface area contributed by atoms with Crippen molar-refractivity contribution >= 4 is 23.2 Å². The van der Waals surface area contributed by atoms with E-state index in [0.717, 1.165) is 16.9 Å². The molecular weight excluding hydrogens is 308 g/mol. The lowest BCUT2D eigenvalue weighted by Crippen LogP contribution is -2.36. The highest BCUT2D eigenvalue weighted by Crippen LogP contribution is 2.65. The number of rotatable bonds is 5. The molecule has 0 unspecified atom stereocenters. The fourth-order valence-corrected chi connectivity index (χ4v) is 4.28. The summed E-state index contributed by atoms with van der Waals surface area (Å²) in [5, 5.41) is 5.06. The van der Waals surface area contributed by atoms with E-state index in [4.69, 9.17) is 5.73 Å². The van der Waals surface area contributed by atoms with E-state index in [0.29, 0.717) is 12.1 Å². The molecule has 1 aliphatic carbocycles. The summed E-state index contributed by atoms with van der Waals surface area (Å²) in [6.07, 6.45) is 0.868. The summed E-state index contributed by atoms with van der Waals surface area (Å²) in [5.41, 5.74) is 6.22. The molecule has 5 heteroatoms. The molecule has 3 N–H and O–H groups in total. The average Bonchev–Trinajstić information content (AvgIpc) is 2.91. The van der Waals surface area contributed by atoms with Crippen LogP contribution in [0.15, 0.2) is 41.8 Å². The molecule has 1 fully saturated rings. The fraction of sp³-hybridized carbons (Fsp3) is 0.333. The van der Waals surface area contributed by atoms with Gasteiger partial charge in [0.15, 0.2) is 0 Å². The van der Waals surface area contributed by atoms with Gasteiger partial charge in [0, 0.05) is 17.0 Å². The van der Waals surface area contributed by atoms with Crippen molar-refractivity contribution in [2.45, 2.75) is 32.2 Å². The summed E-state index contributed by atoms with van der Waals surface area (Å²) in [6, 6.07) is 11.0. The normalized spacial score (nSPS) is 21.7. The molecular formula is C18H20N2O2S. The van der Waals surface area contributed by atoms with Crippen LogP contribution in [0.3, 0.4) is 0 Å². The van der Waals surface area contributed by atoms with Crippen molar-refractivity contribution in [2.75, 3.05) is 0 Å². The van der Waals surface area contributed by atoms with Crippen LogP contribution in [-0.4, -0.2) is 11.8 Å². The SMILES string of the molecule is CC1(C)C[C@]1(C(=O)NCc1ccc(C(N)=O)cc1)c1cccs1. The number of thiophene rings is 1. The standard InChI is InChI=1S/C18H20N2O2S/c1-17(2)11-18(17,14-4-3-9-23-14)16(22)20-10-12-5-7-13(8-6-12)15(19)21/h3-9H,10-11H2,1-2H3,(H2,19,21)(H,20,22)/t18-/m1/s1. The maximum atomic E-state index is 12.8. The first-order chi connectivity index (χ1) is 10.9. The van der Waals surface area contributed by atoms with E-state index >= 15 is 0 Å². The number of nitrogens with one attached hydrogen (secondary N) is 1. The maximum absolute atomic E-state index is 12.8. The van der Waals surface area contributed by atoms with Crippen molar-refractivity contribution in [2.24, 2.45) is 11.1 Å². The van der Waals surface area contributed by atoms with Crippen molar-refractivity contribution in [3.63, 3.8) is 0 Å². The molecule has 1 aliphatic rings. The van der Waals surface area contributed by atoms with Crippen LogP contribution in [0.4, 0.5) is 0 Å². The predicted octanol–water partition coefficient (Wildman–Crippen LogP) is 2.83. The molecule has 120 valence electrons. The highest BCUT2D eigenvalue weighted by molar-refractivity contribution is 7.10. The van der Waals surface area contributed by atoms with Crippen LogP contribution in [0.25, 0.3) is 0 Å². The van der Waals surface area contributed by atoms with Gasteiger partial charge >= 0.3 is 0 Å². The van der Waals surface area contributed by atoms with Gasteiger partial charge in [-0.3, -0.25) is 9.59 Å². The van der Waals surface area contributed by atoms with Crippen LogP contribution >= 0.6 is 11.3 Å². The largest absolute Gasteiger partial charge is 0.366 e. The van der Waals surface area contributed by atoms with Crippen LogP contribution in [0.5, 0.6) is 0 Å². The lowest BCUT2D eigenvalue weighted by molar-refractivity contribution is -0.124. The summed E-state index contributed by atoms with van der Waals surface area (Å²) < 4.78 is 0. The Hall–Kier alpha value is -2.14. The Morgan fingerprint density at radius 1 is 1.22 bits per heavy atom. The minimum atomic E-state index is -0.447. The second-order valence-electron chi connectivity index (χ2n) is 6.69. The van der Waals surface area contributed by atoms with E-state index in [1.54, 1.807) is 23.5 Å². The number of nitrogens with two attached hydrogens (primary N) is 1. The second-order valence-corrected chi connectivity index (χ2v) is 7.63. The number of carbonyl (C=O) groups excluding carboxylic acids is 2. The van der Waals surface area contributed by atoms with E-state index in [1.165, 1.54) is 0 Å². The Bertz CT molecular complexity index is 735. The smallest absolute Gasteiger partial charge is 0.248 e. The molecule has 0 spiro atoms. The molecule has 23 heavy (non-hydrogen) atoms. The topological polar surface area (TPSA) is 72.2 Å². The van der Waals surface area contributed by atoms with Crippen molar-refractivity contribution in [1.29, 1.82) is 0 Å². The Balaban J connectivity index is 1.71. The summed E-state index contributed by atoms with van der Waals surface area (Å²) in [7, 11) is 0. The quantitative estimate of drug-likeness (QED) is 0.886. The minimum Gasteiger partial charge on any atom is -0.366 e. The van der Waals surface area contributed by atoms with E-state index < -0.39 is 11.3 Å². The molecule has 1 saturated carbocycles. The number of primary amides is 1. The Kier molecular flexibility index (Phi) is 3.76. The molecule has 2 aromatic rings. The van der Waals surface area contributed by atoms with Crippen molar-refractivity contribution in [3.05, 3.63) is 57.8 Å². The number of hydrogen-bond acceptors (Lipinski definition) is 3. The highest BCUT2D eigenvalue weighted by atomic mass is 32.1. The van der Waals surface area contributed by atoms with Crippen molar-refractivity contribution in [1.82, 2.24) is 5.32 Å². The Labute approximate surface area is 139 Å². The van der Waals surface area contributed by atoms with E-state index in [-0.39, 0.29) is 11.3 Å². The van der Waals surface area contributed by atoms with Gasteiger partial charge in [-0.15, -0.1) is 11.3 Å². The first-order valence-electron chi connectivity index (χ1n) is 7.58. The van der Waals surface area contributed by atoms with Gasteiger partial charge in [0.2, 0.25) is 11.8 Å². The molecule has 0 saturated heterocycles. The maximum Gasteiger partial charge on any atom is 0.248 e. The Morgan fingerprint density at radius 2 is 1.87 bits per heavy atom. The van der Waals surface area contributed by atoms with E-state index in [9.17, 15) is 9.59 Å². The van der Waals surface area contributed by atoms with Gasteiger partial charge in [0.05, 0.1) is 5.41 Å². The number of carbonyl (C=O) groups is 2. The average molecular weight is 328 g/mol. The number of amides is 2. The molecule has 0 bridgehead atoms. The van der Waals surface area contributed by atoms with Gasteiger partial charge in [0.1, 0.15) is 0 Å². The highest BCUT2D eigenvalue weighted by Gasteiger charge is 2.67. The van der Waals surface area contributed by atoms with Gasteiger partial charge in [-0.1, -0.05) is 32.0 Å². The zero-order valence-electron chi connectivity index (χ0n) is 13.3. The van der Waals surface area contributed by atoms with Crippen molar-refractivity contribution < 1.29 is 9.59 Å². The second kappa shape index (κ2) is 5.49. The van der Waals surface area contributed by atoms with Crippen LogP contribution in [0.1, 0.15) is 41.1 Å². The number of benzene rings is 1. The summed E-state index contributed by atoms with van der Waals surface area (Å²) in [4.78, 5) is 25.0. The monoisotopic (exact) mass is 328 g/mol. The van der Waals surface area contributed by atoms with Gasteiger partial charge in [-0.2, -0.15) is 0 Å². The van der Waals surface area contributed by atoms with Crippen LogP contribution < -0.4 is 11.1 Å². The third-order valence-corrected chi connectivity index (χ3v) is 5.79. The van der Waals surface area contributed by atoms with Gasteiger partial charge in [-0.05, 0) is 41.0 Å². The molecule has 1 heterocycles. The molecule has 0 aliphatic heterocycles. The number of hydrogen-bond donors (Lipinski definition) is 2. The van der Waals surface area contributed by atoms with Gasteiger partial charge in [-0.25, -0.2) is 0 Å². The van der Waals surface area contributed by atoms with Crippen LogP contribution in [-0.2, 0) is 16.8 Å². The zero-order valence-corrected chi connectivity index (χ0v) is 14.1. The molecule has 1 aromatic heterocycles. The zero-order chi connectivity index (χ0) is 16.7. The fourth-order valence-electron chi connectivity index (χ4n) is 3.18. The van der Waals surface area contributed by atoms with Crippen LogP contribution in [0, 0.1) is 5.41 Å². The first-order valence-corrected chi connectivity index (χ1v) is 8.46. The van der Waals surface area contributed by atoms with E-state index in [2.05, 4.69) is 19.2 Å². The van der Waals surface area contributed by atoms with E-state index in [1.807, 2.05) is 29.6 Å². The lowest BCUT2D eigenvalue weighted by Gasteiger charge is -2.19. The van der Waals surface area contributed by atoms with Gasteiger partial charge in [0.25, 0.3) is 0 Å². The third kappa shape index (κ3) is 2.65.